The number of halogens is 12. The number of imidazole rings is 2. The number of nitrogens with one attached hydrogen (secondary N) is 2. The van der Waals surface area contributed by atoms with E-state index in [1.165, 1.54) is 0 Å². The molecule has 0 aliphatic heterocycles. The molecule has 0 saturated heterocycles. The van der Waals surface area contributed by atoms with Gasteiger partial charge >= 0.3 is 85.5 Å². The number of hydrogen-bond acceptors (Lipinski definition) is 6. The summed E-state index contributed by atoms with van der Waals surface area (Å²) in [6.07, 6.45) is 13.1. The molecule has 47 heavy (non-hydrogen) atoms. The Morgan fingerprint density at radius 3 is 1.09 bits per heavy atom. The third kappa shape index (κ3) is 33.0. The van der Waals surface area contributed by atoms with Gasteiger partial charge in [0.1, 0.15) is 11.6 Å². The molecule has 4 heterocycles. The molecule has 8 nitrogen and oxygen atoms in total. The van der Waals surface area contributed by atoms with E-state index in [4.69, 9.17) is 0 Å². The molecule has 2 N–H and O–H groups in total. The molecule has 0 atom stereocenters. The van der Waals surface area contributed by atoms with Crippen LogP contribution in [0.4, 0.5) is 50.4 Å². The summed E-state index contributed by atoms with van der Waals surface area (Å²) < 4.78 is 122. The van der Waals surface area contributed by atoms with Gasteiger partial charge in [-0.1, -0.05) is 12.1 Å². The van der Waals surface area contributed by atoms with Gasteiger partial charge in [0.25, 0.3) is 0 Å². The maximum atomic E-state index is 9.87. The van der Waals surface area contributed by atoms with Crippen molar-refractivity contribution in [2.75, 3.05) is 13.1 Å². The van der Waals surface area contributed by atoms with Crippen LogP contribution in [0.5, 0.6) is 0 Å². The van der Waals surface area contributed by atoms with E-state index in [0.29, 0.717) is 0 Å². The Bertz CT molecular complexity index is 1320. The summed E-state index contributed by atoms with van der Waals surface area (Å²) in [4.78, 5) is 17.0. The number of aryl methyl sites for hydroxylation is 2. The number of aromatic nitrogens is 6. The van der Waals surface area contributed by atoms with Crippen molar-refractivity contribution in [1.82, 2.24) is 39.7 Å². The number of pyridine rings is 2. The molecule has 0 aromatic carbocycles. The van der Waals surface area contributed by atoms with Crippen LogP contribution < -0.4 is 10.6 Å². The van der Waals surface area contributed by atoms with E-state index in [-0.39, 0.29) is 19.5 Å². The first-order chi connectivity index (χ1) is 20.6. The van der Waals surface area contributed by atoms with E-state index in [9.17, 15) is 50.4 Å². The normalized spacial score (nSPS) is 14.1. The summed E-state index contributed by atoms with van der Waals surface area (Å²) in [5.41, 5.74) is 2.24. The number of nitrogens with zero attached hydrogens (tertiary/aromatic N) is 6. The minimum atomic E-state index is -10.7. The predicted octanol–water partition coefficient (Wildman–Crippen LogP) is 9.06. The van der Waals surface area contributed by atoms with Crippen LogP contribution >= 0.6 is 15.6 Å². The van der Waals surface area contributed by atoms with Gasteiger partial charge in [0, 0.05) is 88.6 Å². The van der Waals surface area contributed by atoms with Gasteiger partial charge in [-0.2, -0.15) is 0 Å². The van der Waals surface area contributed by atoms with Gasteiger partial charge in [0.2, 0.25) is 0 Å². The summed E-state index contributed by atoms with van der Waals surface area (Å²) in [5, 5.41) is 6.71. The molecule has 0 amide bonds. The molecule has 0 aliphatic rings. The van der Waals surface area contributed by atoms with Gasteiger partial charge in [-0.3, -0.25) is 9.97 Å². The van der Waals surface area contributed by atoms with E-state index >= 15 is 0 Å². The van der Waals surface area contributed by atoms with Crippen molar-refractivity contribution in [3.63, 3.8) is 0 Å². The van der Waals surface area contributed by atoms with Gasteiger partial charge in [0.05, 0.1) is 13.1 Å². The summed E-state index contributed by atoms with van der Waals surface area (Å²) in [6.45, 7) is 3.44. The first-order valence-electron chi connectivity index (χ1n) is 12.9. The Kier molecular flexibility index (Phi) is 15.2. The van der Waals surface area contributed by atoms with Crippen molar-refractivity contribution >= 4 is 15.6 Å². The van der Waals surface area contributed by atoms with Crippen LogP contribution in [0.3, 0.4) is 0 Å². The minimum Gasteiger partial charge on any atom is 2.00 e. The maximum Gasteiger partial charge on any atom is 2.00 e. The zero-order chi connectivity index (χ0) is 35.3. The monoisotopic (exact) mass is 786 g/mol. The zero-order valence-electron chi connectivity index (χ0n) is 25.0. The summed E-state index contributed by atoms with van der Waals surface area (Å²) in [5.74, 6) is 2.11. The molecule has 264 valence electrons. The van der Waals surface area contributed by atoms with E-state index in [0.717, 1.165) is 62.1 Å². The van der Waals surface area contributed by atoms with Crippen molar-refractivity contribution in [2.45, 2.75) is 25.9 Å². The molecule has 0 radical (unpaired) electrons. The minimum absolute atomic E-state index is 0. The van der Waals surface area contributed by atoms with Gasteiger partial charge < -0.3 is 19.8 Å². The van der Waals surface area contributed by atoms with E-state index in [1.54, 1.807) is 0 Å². The smallest absolute Gasteiger partial charge is 2.00 e. The molecule has 4 aromatic heterocycles. The van der Waals surface area contributed by atoms with Gasteiger partial charge in [-0.05, 0) is 24.3 Å². The molecule has 0 spiro atoms. The van der Waals surface area contributed by atoms with Gasteiger partial charge in [-0.15, -0.1) is 0 Å². The molecule has 0 saturated carbocycles. The fraction of sp³-hybridized carbons (Fsp3) is 0.333. The van der Waals surface area contributed by atoms with Crippen LogP contribution in [0.15, 0.2) is 73.6 Å². The Hall–Kier alpha value is -2.72. The topological polar surface area (TPSA) is 85.5 Å². The van der Waals surface area contributed by atoms with Crippen LogP contribution in [0.25, 0.3) is 0 Å². The molecule has 0 bridgehead atoms. The van der Waals surface area contributed by atoms with Crippen LogP contribution in [-0.4, -0.2) is 42.2 Å². The Morgan fingerprint density at radius 2 is 0.851 bits per heavy atom. The van der Waals surface area contributed by atoms with Crippen LogP contribution in [0.1, 0.15) is 23.0 Å². The van der Waals surface area contributed by atoms with Gasteiger partial charge in [-0.25, -0.2) is 9.97 Å². The predicted molar refractivity (Wildman–Crippen MR) is 153 cm³/mol. The molecule has 4 aromatic rings. The summed E-state index contributed by atoms with van der Waals surface area (Å²) >= 11 is 0. The van der Waals surface area contributed by atoms with E-state index in [1.807, 2.05) is 96.8 Å². The standard InChI is InChI=1S/2C12H16N4.2F6P.Zn/c2*1-16-9-8-15-12(16)10-13-7-5-11-4-2-3-6-14-11;2*1-7(2,3,4,5)6;/h2*2-4,6,8-9,13H,5,7,10H2,1H3;;;/q;;2*-1;+2. The molecule has 0 unspecified atom stereocenters. The van der Waals surface area contributed by atoms with E-state index < -0.39 is 15.6 Å². The Balaban J connectivity index is 0.000000643. The zero-order valence-corrected chi connectivity index (χ0v) is 29.7. The second-order valence-electron chi connectivity index (χ2n) is 9.32. The second kappa shape index (κ2) is 16.1. The quantitative estimate of drug-likeness (QED) is 0.0723. The van der Waals surface area contributed by atoms with Crippen molar-refractivity contribution in [2.24, 2.45) is 14.1 Å². The fourth-order valence-corrected chi connectivity index (χ4v) is 3.06. The third-order valence-electron chi connectivity index (χ3n) is 4.98. The largest absolute Gasteiger partial charge is 2.00 e. The molecule has 23 heteroatoms. The average molecular weight is 788 g/mol. The molecular formula is C24H32F12N8P2Zn. The summed E-state index contributed by atoms with van der Waals surface area (Å²) in [7, 11) is -17.3. The second-order valence-corrected chi connectivity index (χ2v) is 13.2. The van der Waals surface area contributed by atoms with Gasteiger partial charge in [0.15, 0.2) is 0 Å². The number of hydrogen-bond donors (Lipinski definition) is 2. The molecule has 0 fully saturated rings. The molecule has 4 rings (SSSR count). The van der Waals surface area contributed by atoms with Crippen LogP contribution in [0.2, 0.25) is 0 Å². The van der Waals surface area contributed by atoms with Crippen molar-refractivity contribution in [1.29, 1.82) is 0 Å². The average Bonchev–Trinajstić information content (AvgIpc) is 3.49. The summed E-state index contributed by atoms with van der Waals surface area (Å²) in [6, 6.07) is 12.0. The molecule has 0 aliphatic carbocycles. The van der Waals surface area contributed by atoms with Crippen LogP contribution in [0, 0.1) is 0 Å². The number of rotatable bonds is 10. The fourth-order valence-electron chi connectivity index (χ4n) is 3.06. The molecular weight excluding hydrogens is 756 g/mol. The SMILES string of the molecule is Cn1ccnc1CNCCc1ccccn1.Cn1ccnc1CNCCc1ccccn1.F[P-](F)(F)(F)(F)F.F[P-](F)(F)(F)(F)F.[Zn+2]. The van der Waals surface area contributed by atoms with E-state index in [2.05, 4.69) is 30.6 Å². The van der Waals surface area contributed by atoms with Crippen molar-refractivity contribution in [3.8, 4) is 0 Å². The first-order valence-corrected chi connectivity index (χ1v) is 16.9. The maximum absolute atomic E-state index is 10.7. The first kappa shape index (κ1) is 44.3. The van der Waals surface area contributed by atoms with Crippen molar-refractivity contribution < 1.29 is 69.8 Å². The van der Waals surface area contributed by atoms with Crippen LogP contribution in [-0.2, 0) is 59.5 Å². The third-order valence-corrected chi connectivity index (χ3v) is 4.98. The van der Waals surface area contributed by atoms with Crippen molar-refractivity contribution in [3.05, 3.63) is 96.6 Å². The Morgan fingerprint density at radius 1 is 0.532 bits per heavy atom. The Labute approximate surface area is 274 Å².